The summed E-state index contributed by atoms with van der Waals surface area (Å²) in [5.41, 5.74) is 2.39. The molecule has 1 saturated heterocycles. The fourth-order valence-electron chi connectivity index (χ4n) is 4.63. The first-order valence-corrected chi connectivity index (χ1v) is 13.3. The van der Waals surface area contributed by atoms with E-state index in [-0.39, 0.29) is 11.9 Å². The van der Waals surface area contributed by atoms with Gasteiger partial charge in [0, 0.05) is 30.4 Å². The number of hydrogen-bond donors (Lipinski definition) is 2. The second-order valence-corrected chi connectivity index (χ2v) is 11.2. The molecule has 11 heteroatoms. The van der Waals surface area contributed by atoms with Crippen LogP contribution in [0.25, 0.3) is 22.3 Å². The summed E-state index contributed by atoms with van der Waals surface area (Å²) in [5.74, 6) is 0.409. The molecule has 39 heavy (non-hydrogen) atoms. The second-order valence-electron chi connectivity index (χ2n) is 11.2. The number of fused-ring (bicyclic) bond motifs is 1. The van der Waals surface area contributed by atoms with Crippen molar-refractivity contribution in [2.24, 2.45) is 5.92 Å². The molecule has 1 aliphatic heterocycles. The lowest BCUT2D eigenvalue weighted by Crippen LogP contribution is -2.45. The SMILES string of the molecule is Cc1[nH]c2c(-c3cc(F)ccc3OCC3CC3)ncnc2c1C(=O)NC1CCN(OC(=O)OC(C)(C)C)CC1. The van der Waals surface area contributed by atoms with Crippen LogP contribution in [0.2, 0.25) is 0 Å². The summed E-state index contributed by atoms with van der Waals surface area (Å²) in [6, 6.07) is 4.27. The number of piperidine rings is 1. The van der Waals surface area contributed by atoms with Crippen molar-refractivity contribution in [3.8, 4) is 17.0 Å². The predicted octanol–water partition coefficient (Wildman–Crippen LogP) is 4.92. The van der Waals surface area contributed by atoms with Gasteiger partial charge >= 0.3 is 6.16 Å². The highest BCUT2D eigenvalue weighted by Crippen LogP contribution is 2.36. The fraction of sp³-hybridized carbons (Fsp3) is 0.500. The van der Waals surface area contributed by atoms with Crippen LogP contribution in [0.15, 0.2) is 24.5 Å². The lowest BCUT2D eigenvalue weighted by molar-refractivity contribution is -0.152. The highest BCUT2D eigenvalue weighted by molar-refractivity contribution is 6.09. The Bertz CT molecular complexity index is 1370. The molecule has 1 aromatic carbocycles. The Kier molecular flexibility index (Phi) is 7.44. The number of amides is 1. The molecule has 1 aliphatic carbocycles. The number of carbonyl (C=O) groups is 2. The van der Waals surface area contributed by atoms with Crippen molar-refractivity contribution in [3.63, 3.8) is 0 Å². The van der Waals surface area contributed by atoms with E-state index >= 15 is 0 Å². The molecular weight excluding hydrogens is 505 g/mol. The number of ether oxygens (including phenoxy) is 2. The van der Waals surface area contributed by atoms with Crippen LogP contribution in [0.3, 0.4) is 0 Å². The topological polar surface area (TPSA) is 119 Å². The average Bonchev–Trinajstić information content (AvgIpc) is 3.62. The highest BCUT2D eigenvalue weighted by atomic mass is 19.1. The molecule has 3 aromatic rings. The zero-order valence-corrected chi connectivity index (χ0v) is 22.7. The molecule has 0 unspecified atom stereocenters. The number of rotatable bonds is 7. The smallest absolute Gasteiger partial charge is 0.493 e. The molecular formula is C28H34FN5O5. The minimum absolute atomic E-state index is 0.104. The van der Waals surface area contributed by atoms with Gasteiger partial charge in [-0.25, -0.2) is 19.2 Å². The van der Waals surface area contributed by atoms with E-state index < -0.39 is 17.6 Å². The maximum Gasteiger partial charge on any atom is 0.528 e. The van der Waals surface area contributed by atoms with Gasteiger partial charge in [-0.2, -0.15) is 0 Å². The molecule has 0 atom stereocenters. The molecule has 2 aromatic heterocycles. The molecule has 1 saturated carbocycles. The van der Waals surface area contributed by atoms with Crippen molar-refractivity contribution in [3.05, 3.63) is 41.6 Å². The van der Waals surface area contributed by atoms with Crippen molar-refractivity contribution < 1.29 is 28.3 Å². The quantitative estimate of drug-likeness (QED) is 0.406. The van der Waals surface area contributed by atoms with Gasteiger partial charge in [-0.1, -0.05) is 0 Å². The normalized spacial score (nSPS) is 16.7. The summed E-state index contributed by atoms with van der Waals surface area (Å²) in [7, 11) is 0. The molecule has 0 radical (unpaired) electrons. The Labute approximate surface area is 226 Å². The number of nitrogens with one attached hydrogen (secondary N) is 2. The number of nitrogens with zero attached hydrogens (tertiary/aromatic N) is 3. The lowest BCUT2D eigenvalue weighted by Gasteiger charge is -2.31. The molecule has 208 valence electrons. The van der Waals surface area contributed by atoms with E-state index in [1.165, 1.54) is 18.5 Å². The maximum absolute atomic E-state index is 14.3. The molecule has 2 N–H and O–H groups in total. The van der Waals surface area contributed by atoms with E-state index in [2.05, 4.69) is 20.3 Å². The van der Waals surface area contributed by atoms with Gasteiger partial charge in [0.1, 0.15) is 34.7 Å². The van der Waals surface area contributed by atoms with Crippen LogP contribution in [-0.4, -0.2) is 63.4 Å². The molecule has 0 spiro atoms. The van der Waals surface area contributed by atoms with Crippen molar-refractivity contribution in [1.82, 2.24) is 25.3 Å². The minimum atomic E-state index is -0.741. The van der Waals surface area contributed by atoms with Crippen LogP contribution >= 0.6 is 0 Å². The van der Waals surface area contributed by atoms with Crippen molar-refractivity contribution in [1.29, 1.82) is 0 Å². The third kappa shape index (κ3) is 6.47. The van der Waals surface area contributed by atoms with E-state index in [1.54, 1.807) is 38.8 Å². The standard InChI is InChI=1S/C28H34FN5O5/c1-16-22(26(35)33-19-9-11-34(12-10-19)39-27(36)38-28(2,3)4)24-25(32-16)23(30-15-31-24)20-13-18(29)7-8-21(20)37-14-17-5-6-17/h7-8,13,15,17,19,32H,5-6,9-12,14H2,1-4H3,(H,33,35). The Morgan fingerprint density at radius 1 is 1.15 bits per heavy atom. The number of H-pyrrole nitrogens is 1. The summed E-state index contributed by atoms with van der Waals surface area (Å²) in [6.45, 7) is 8.63. The molecule has 10 nitrogen and oxygen atoms in total. The van der Waals surface area contributed by atoms with Crippen LogP contribution in [-0.2, 0) is 9.57 Å². The van der Waals surface area contributed by atoms with Gasteiger partial charge in [0.15, 0.2) is 0 Å². The zero-order chi connectivity index (χ0) is 27.7. The Morgan fingerprint density at radius 2 is 1.90 bits per heavy atom. The molecule has 0 bridgehead atoms. The van der Waals surface area contributed by atoms with E-state index in [4.69, 9.17) is 14.3 Å². The van der Waals surface area contributed by atoms with Crippen LogP contribution < -0.4 is 10.1 Å². The summed E-state index contributed by atoms with van der Waals surface area (Å²) < 4.78 is 25.5. The van der Waals surface area contributed by atoms with Crippen molar-refractivity contribution >= 4 is 23.1 Å². The van der Waals surface area contributed by atoms with Crippen molar-refractivity contribution in [2.45, 2.75) is 65.0 Å². The van der Waals surface area contributed by atoms with Gasteiger partial charge in [0.05, 0.1) is 17.7 Å². The number of aromatic amines is 1. The number of halogens is 1. The van der Waals surface area contributed by atoms with E-state index in [1.807, 2.05) is 0 Å². The highest BCUT2D eigenvalue weighted by Gasteiger charge is 2.28. The maximum atomic E-state index is 14.3. The van der Waals surface area contributed by atoms with Gasteiger partial charge < -0.3 is 24.6 Å². The Balaban J connectivity index is 1.30. The number of aromatic nitrogens is 3. The molecule has 1 amide bonds. The van der Waals surface area contributed by atoms with E-state index in [0.29, 0.717) is 77.8 Å². The number of hydroxylamine groups is 2. The van der Waals surface area contributed by atoms with E-state index in [0.717, 1.165) is 12.8 Å². The van der Waals surface area contributed by atoms with Gasteiger partial charge in [-0.05, 0) is 77.5 Å². The first-order valence-electron chi connectivity index (χ1n) is 13.3. The van der Waals surface area contributed by atoms with Crippen LogP contribution in [0.4, 0.5) is 9.18 Å². The molecule has 2 fully saturated rings. The largest absolute Gasteiger partial charge is 0.528 e. The molecule has 2 aliphatic rings. The number of benzene rings is 1. The second kappa shape index (κ2) is 10.8. The Morgan fingerprint density at radius 3 is 2.59 bits per heavy atom. The molecule has 3 heterocycles. The monoisotopic (exact) mass is 539 g/mol. The minimum Gasteiger partial charge on any atom is -0.493 e. The number of carbonyl (C=O) groups excluding carboxylic acids is 2. The first-order chi connectivity index (χ1) is 18.6. The fourth-order valence-corrected chi connectivity index (χ4v) is 4.63. The summed E-state index contributed by atoms with van der Waals surface area (Å²) in [5, 5.41) is 4.63. The zero-order valence-electron chi connectivity index (χ0n) is 22.7. The van der Waals surface area contributed by atoms with Gasteiger partial charge in [0.2, 0.25) is 0 Å². The number of hydrogen-bond acceptors (Lipinski definition) is 8. The first kappa shape index (κ1) is 26.9. The van der Waals surface area contributed by atoms with Gasteiger partial charge in [0.25, 0.3) is 5.91 Å². The van der Waals surface area contributed by atoms with Crippen LogP contribution in [0.1, 0.15) is 62.5 Å². The van der Waals surface area contributed by atoms with Crippen molar-refractivity contribution in [2.75, 3.05) is 19.7 Å². The third-order valence-corrected chi connectivity index (χ3v) is 6.75. The lowest BCUT2D eigenvalue weighted by atomic mass is 10.1. The van der Waals surface area contributed by atoms with E-state index in [9.17, 15) is 14.0 Å². The van der Waals surface area contributed by atoms with Gasteiger partial charge in [-0.15, -0.1) is 5.06 Å². The molecule has 5 rings (SSSR count). The van der Waals surface area contributed by atoms with Crippen LogP contribution in [0, 0.1) is 18.7 Å². The third-order valence-electron chi connectivity index (χ3n) is 6.75. The summed E-state index contributed by atoms with van der Waals surface area (Å²) in [4.78, 5) is 42.7. The summed E-state index contributed by atoms with van der Waals surface area (Å²) in [6.07, 6.45) is 4.11. The Hall–Kier alpha value is -3.73. The summed E-state index contributed by atoms with van der Waals surface area (Å²) >= 11 is 0. The van der Waals surface area contributed by atoms with Crippen LogP contribution in [0.5, 0.6) is 5.75 Å². The predicted molar refractivity (Wildman–Crippen MR) is 142 cm³/mol. The van der Waals surface area contributed by atoms with Gasteiger partial charge in [-0.3, -0.25) is 4.79 Å². The number of aryl methyl sites for hydroxylation is 1. The average molecular weight is 540 g/mol.